The van der Waals surface area contributed by atoms with Crippen LogP contribution in [0, 0.1) is 5.82 Å². The van der Waals surface area contributed by atoms with Crippen molar-refractivity contribution in [1.82, 2.24) is 24.9 Å². The molecule has 2 saturated heterocycles. The Labute approximate surface area is 198 Å². The number of anilines is 1. The molecule has 3 atom stereocenters. The van der Waals surface area contributed by atoms with E-state index in [2.05, 4.69) is 27.3 Å². The number of aromatic nitrogens is 2. The van der Waals surface area contributed by atoms with Gasteiger partial charge in [-0.3, -0.25) is 14.8 Å². The van der Waals surface area contributed by atoms with Crippen molar-refractivity contribution >= 4 is 29.4 Å². The van der Waals surface area contributed by atoms with E-state index < -0.39 is 11.7 Å². The molecule has 3 aliphatic rings. The fraction of sp³-hybridized carbons (Fsp3) is 0.522. The van der Waals surface area contributed by atoms with E-state index in [0.29, 0.717) is 18.4 Å². The first-order valence-corrected chi connectivity index (χ1v) is 11.4. The van der Waals surface area contributed by atoms with E-state index in [1.807, 2.05) is 11.8 Å². The van der Waals surface area contributed by atoms with Gasteiger partial charge in [0.2, 0.25) is 0 Å². The van der Waals surface area contributed by atoms with Gasteiger partial charge in [0.1, 0.15) is 5.82 Å². The van der Waals surface area contributed by atoms with Crippen LogP contribution in [0.2, 0.25) is 5.02 Å². The van der Waals surface area contributed by atoms with E-state index in [0.717, 1.165) is 43.4 Å². The maximum absolute atomic E-state index is 14.1. The zero-order valence-corrected chi connectivity index (χ0v) is 18.8. The van der Waals surface area contributed by atoms with E-state index in [1.54, 1.807) is 4.90 Å². The predicted molar refractivity (Wildman–Crippen MR) is 125 cm³/mol. The Morgan fingerprint density at radius 3 is 2.82 bits per heavy atom. The van der Waals surface area contributed by atoms with Gasteiger partial charge in [-0.25, -0.2) is 9.18 Å². The van der Waals surface area contributed by atoms with Crippen LogP contribution in [0.15, 0.2) is 18.2 Å². The molecule has 1 unspecified atom stereocenters. The maximum Gasteiger partial charge on any atom is 0.321 e. The number of amides is 3. The number of nitrogens with one attached hydrogen (secondary N) is 2. The normalized spacial score (nSPS) is 24.3. The number of piperazine rings is 1. The number of hydrogen-bond donors (Lipinski definition) is 2. The number of urea groups is 1. The lowest BCUT2D eigenvalue weighted by Gasteiger charge is -2.44. The van der Waals surface area contributed by atoms with Crippen molar-refractivity contribution in [3.05, 3.63) is 45.9 Å². The SMILES string of the molecule is C.CC1c2[nH]nc(NC(=O)c3cc(Cl)ccc3F)c2CN1C(=O)N1C[C@@H]2CCCN2C[C@@H]1C. The van der Waals surface area contributed by atoms with Crippen LogP contribution in [-0.2, 0) is 6.54 Å². The summed E-state index contributed by atoms with van der Waals surface area (Å²) in [6, 6.07) is 4.20. The van der Waals surface area contributed by atoms with Gasteiger partial charge in [0, 0.05) is 35.8 Å². The lowest BCUT2D eigenvalue weighted by atomic mass is 10.1. The van der Waals surface area contributed by atoms with Gasteiger partial charge in [0.25, 0.3) is 5.91 Å². The number of fused-ring (bicyclic) bond motifs is 2. The molecule has 0 radical (unpaired) electrons. The molecule has 5 rings (SSSR count). The first-order chi connectivity index (χ1) is 15.3. The fourth-order valence-corrected chi connectivity index (χ4v) is 5.32. The van der Waals surface area contributed by atoms with Gasteiger partial charge in [-0.05, 0) is 51.4 Å². The van der Waals surface area contributed by atoms with Crippen LogP contribution >= 0.6 is 11.6 Å². The van der Waals surface area contributed by atoms with Crippen molar-refractivity contribution in [1.29, 1.82) is 0 Å². The average Bonchev–Trinajstić information content (AvgIpc) is 3.46. The molecule has 2 N–H and O–H groups in total. The monoisotopic (exact) mass is 476 g/mol. The predicted octanol–water partition coefficient (Wildman–Crippen LogP) is 4.26. The molecular weight excluding hydrogens is 447 g/mol. The van der Waals surface area contributed by atoms with Crippen molar-refractivity contribution in [2.45, 2.75) is 58.8 Å². The number of H-pyrrole nitrogens is 1. The Hall–Kier alpha value is -2.65. The number of rotatable bonds is 2. The Morgan fingerprint density at radius 2 is 2.03 bits per heavy atom. The van der Waals surface area contributed by atoms with E-state index in [4.69, 9.17) is 11.6 Å². The third-order valence-corrected chi connectivity index (χ3v) is 7.18. The number of halogens is 2. The summed E-state index contributed by atoms with van der Waals surface area (Å²) >= 11 is 5.91. The molecule has 2 fully saturated rings. The number of aromatic amines is 1. The summed E-state index contributed by atoms with van der Waals surface area (Å²) < 4.78 is 14.1. The summed E-state index contributed by atoms with van der Waals surface area (Å²) in [6.07, 6.45) is 2.32. The first-order valence-electron chi connectivity index (χ1n) is 11.0. The lowest BCUT2D eigenvalue weighted by Crippen LogP contribution is -2.59. The van der Waals surface area contributed by atoms with Gasteiger partial charge >= 0.3 is 6.03 Å². The smallest absolute Gasteiger partial charge is 0.319 e. The Kier molecular flexibility index (Phi) is 6.37. The second kappa shape index (κ2) is 8.95. The highest BCUT2D eigenvalue weighted by Gasteiger charge is 2.42. The van der Waals surface area contributed by atoms with E-state index in [9.17, 15) is 14.0 Å². The average molecular weight is 477 g/mol. The number of benzene rings is 1. The van der Waals surface area contributed by atoms with Gasteiger partial charge in [-0.15, -0.1) is 0 Å². The molecule has 10 heteroatoms. The summed E-state index contributed by atoms with van der Waals surface area (Å²) in [5, 5.41) is 10.1. The molecule has 4 heterocycles. The summed E-state index contributed by atoms with van der Waals surface area (Å²) in [7, 11) is 0. The van der Waals surface area contributed by atoms with Crippen molar-refractivity contribution in [2.24, 2.45) is 0 Å². The third-order valence-electron chi connectivity index (χ3n) is 6.95. The molecule has 3 amide bonds. The van der Waals surface area contributed by atoms with Gasteiger partial charge in [-0.1, -0.05) is 19.0 Å². The highest BCUT2D eigenvalue weighted by atomic mass is 35.5. The Balaban J connectivity index is 0.00000259. The van der Waals surface area contributed by atoms with Crippen LogP contribution in [0.4, 0.5) is 15.0 Å². The number of hydrogen-bond acceptors (Lipinski definition) is 4. The molecule has 0 bridgehead atoms. The van der Waals surface area contributed by atoms with E-state index in [1.165, 1.54) is 18.6 Å². The minimum Gasteiger partial charge on any atom is -0.319 e. The topological polar surface area (TPSA) is 84.6 Å². The highest BCUT2D eigenvalue weighted by molar-refractivity contribution is 6.31. The third kappa shape index (κ3) is 4.08. The van der Waals surface area contributed by atoms with Crippen LogP contribution in [0.3, 0.4) is 0 Å². The number of carbonyl (C=O) groups excluding carboxylic acids is 2. The fourth-order valence-electron chi connectivity index (χ4n) is 5.15. The van der Waals surface area contributed by atoms with Crippen molar-refractivity contribution in [3.8, 4) is 0 Å². The lowest BCUT2D eigenvalue weighted by molar-refractivity contribution is 0.0580. The second-order valence-electron chi connectivity index (χ2n) is 8.92. The maximum atomic E-state index is 14.1. The van der Waals surface area contributed by atoms with Gasteiger partial charge in [0.15, 0.2) is 5.82 Å². The Morgan fingerprint density at radius 1 is 1.24 bits per heavy atom. The molecule has 178 valence electrons. The molecule has 3 aliphatic heterocycles. The second-order valence-corrected chi connectivity index (χ2v) is 9.36. The quantitative estimate of drug-likeness (QED) is 0.678. The molecule has 0 spiro atoms. The van der Waals surface area contributed by atoms with Crippen molar-refractivity contribution < 1.29 is 14.0 Å². The van der Waals surface area contributed by atoms with E-state index >= 15 is 0 Å². The van der Waals surface area contributed by atoms with Crippen molar-refractivity contribution in [2.75, 3.05) is 25.0 Å². The van der Waals surface area contributed by atoms with Gasteiger partial charge in [-0.2, -0.15) is 5.10 Å². The highest BCUT2D eigenvalue weighted by Crippen LogP contribution is 2.37. The molecular formula is C23H30ClFN6O2. The minimum atomic E-state index is -0.663. The summed E-state index contributed by atoms with van der Waals surface area (Å²) in [6.45, 7) is 7.13. The minimum absolute atomic E-state index is 0. The zero-order valence-electron chi connectivity index (χ0n) is 18.1. The summed E-state index contributed by atoms with van der Waals surface area (Å²) in [5.41, 5.74) is 1.37. The first kappa shape index (κ1) is 23.5. The van der Waals surface area contributed by atoms with E-state index in [-0.39, 0.29) is 36.1 Å². The number of carbonyl (C=O) groups is 2. The van der Waals surface area contributed by atoms with Crippen LogP contribution in [0.5, 0.6) is 0 Å². The summed E-state index contributed by atoms with van der Waals surface area (Å²) in [5.74, 6) is -0.993. The largest absolute Gasteiger partial charge is 0.321 e. The molecule has 1 aromatic heterocycles. The van der Waals surface area contributed by atoms with Gasteiger partial charge < -0.3 is 15.1 Å². The van der Waals surface area contributed by atoms with Crippen LogP contribution in [0.25, 0.3) is 0 Å². The van der Waals surface area contributed by atoms with Crippen molar-refractivity contribution in [3.63, 3.8) is 0 Å². The van der Waals surface area contributed by atoms with Crippen LogP contribution in [-0.4, -0.2) is 68.6 Å². The molecule has 8 nitrogen and oxygen atoms in total. The Bertz CT molecular complexity index is 1080. The molecule has 1 aromatic carbocycles. The summed E-state index contributed by atoms with van der Waals surface area (Å²) in [4.78, 5) is 32.3. The molecule has 2 aromatic rings. The molecule has 0 aliphatic carbocycles. The zero-order chi connectivity index (χ0) is 22.6. The van der Waals surface area contributed by atoms with Crippen LogP contribution in [0.1, 0.15) is 61.8 Å². The number of nitrogens with zero attached hydrogens (tertiary/aromatic N) is 4. The standard InChI is InChI=1S/C22H26ClFN6O2.CH4/c1-12-9-28-7-3-4-15(28)10-29(12)22(32)30-11-17-19(13(30)2)26-27-20(17)25-21(31)16-8-14(23)5-6-18(16)24;/h5-6,8,12-13,15H,3-4,7,9-11H2,1-2H3,(H2,25,26,27,31);1H4/t12-,13?,15-;/m0./s1. The molecule has 33 heavy (non-hydrogen) atoms. The van der Waals surface area contributed by atoms with Gasteiger partial charge in [0.05, 0.1) is 23.8 Å². The van der Waals surface area contributed by atoms with Crippen LogP contribution < -0.4 is 5.32 Å². The molecule has 0 saturated carbocycles.